The lowest BCUT2D eigenvalue weighted by Crippen LogP contribution is -2.50. The zero-order valence-corrected chi connectivity index (χ0v) is 17.8. The monoisotopic (exact) mass is 450 g/mol. The predicted molar refractivity (Wildman–Crippen MR) is 109 cm³/mol. The summed E-state index contributed by atoms with van der Waals surface area (Å²) in [5.74, 6) is 0.489. The molecule has 2 aromatic rings. The molecule has 4 rings (SSSR count). The standard InChI is InChI=1S/C22H25F3N4O3/c1-2-32-21(31)28-10-8-27(9-11-28)20(30)18-14-29-13-16(6-7-19(29)26-18)15-4-3-5-17(12-15)22(23,24)25/h3-5,12,14,16H,2,6-11,13H2,1H3. The molecule has 172 valence electrons. The number of imidazole rings is 1. The highest BCUT2D eigenvalue weighted by Gasteiger charge is 2.32. The predicted octanol–water partition coefficient (Wildman–Crippen LogP) is 3.55. The summed E-state index contributed by atoms with van der Waals surface area (Å²) < 4.78 is 46.1. The summed E-state index contributed by atoms with van der Waals surface area (Å²) in [6.45, 7) is 4.12. The van der Waals surface area contributed by atoms with E-state index in [9.17, 15) is 22.8 Å². The van der Waals surface area contributed by atoms with Gasteiger partial charge in [-0.05, 0) is 25.0 Å². The maximum Gasteiger partial charge on any atom is 0.416 e. The van der Waals surface area contributed by atoms with Gasteiger partial charge in [-0.3, -0.25) is 4.79 Å². The summed E-state index contributed by atoms with van der Waals surface area (Å²) in [6, 6.07) is 5.44. The Bertz CT molecular complexity index is 997. The topological polar surface area (TPSA) is 67.7 Å². The van der Waals surface area contributed by atoms with Gasteiger partial charge < -0.3 is 19.1 Å². The second-order valence-corrected chi connectivity index (χ2v) is 8.03. The van der Waals surface area contributed by atoms with E-state index >= 15 is 0 Å². The minimum Gasteiger partial charge on any atom is -0.450 e. The molecule has 0 bridgehead atoms. The third-order valence-electron chi connectivity index (χ3n) is 5.99. The molecule has 0 aliphatic carbocycles. The molecule has 1 aromatic heterocycles. The molecule has 32 heavy (non-hydrogen) atoms. The zero-order valence-electron chi connectivity index (χ0n) is 17.8. The van der Waals surface area contributed by atoms with E-state index in [0.717, 1.165) is 11.9 Å². The first-order valence-electron chi connectivity index (χ1n) is 10.7. The second kappa shape index (κ2) is 8.84. The van der Waals surface area contributed by atoms with Gasteiger partial charge in [0.2, 0.25) is 0 Å². The summed E-state index contributed by atoms with van der Waals surface area (Å²) in [5, 5.41) is 0. The third-order valence-corrected chi connectivity index (χ3v) is 5.99. The summed E-state index contributed by atoms with van der Waals surface area (Å²) in [7, 11) is 0. The maximum absolute atomic E-state index is 13.1. The van der Waals surface area contributed by atoms with Crippen molar-refractivity contribution in [2.45, 2.75) is 38.4 Å². The van der Waals surface area contributed by atoms with Crippen molar-refractivity contribution in [2.24, 2.45) is 0 Å². The van der Waals surface area contributed by atoms with Crippen LogP contribution >= 0.6 is 0 Å². The maximum atomic E-state index is 13.1. The third kappa shape index (κ3) is 4.58. The van der Waals surface area contributed by atoms with E-state index in [0.29, 0.717) is 63.4 Å². The van der Waals surface area contributed by atoms with Gasteiger partial charge in [-0.2, -0.15) is 13.2 Å². The van der Waals surface area contributed by atoms with Crippen molar-refractivity contribution in [2.75, 3.05) is 32.8 Å². The molecule has 1 unspecified atom stereocenters. The Morgan fingerprint density at radius 3 is 2.56 bits per heavy atom. The molecule has 3 heterocycles. The number of carbonyl (C=O) groups excluding carboxylic acids is 2. The summed E-state index contributed by atoms with van der Waals surface area (Å²) >= 11 is 0. The van der Waals surface area contributed by atoms with Crippen molar-refractivity contribution >= 4 is 12.0 Å². The van der Waals surface area contributed by atoms with Crippen LogP contribution in [0.4, 0.5) is 18.0 Å². The SMILES string of the molecule is CCOC(=O)N1CCN(C(=O)c2cn3c(n2)CCC(c2cccc(C(F)(F)F)c2)C3)CC1. The molecule has 2 amide bonds. The van der Waals surface area contributed by atoms with E-state index in [1.165, 1.54) is 12.1 Å². The van der Waals surface area contributed by atoms with Crippen molar-refractivity contribution in [1.29, 1.82) is 0 Å². The molecular formula is C22H25F3N4O3. The number of hydrogen-bond acceptors (Lipinski definition) is 4. The van der Waals surface area contributed by atoms with E-state index < -0.39 is 11.7 Å². The fraction of sp³-hybridized carbons (Fsp3) is 0.500. The van der Waals surface area contributed by atoms with E-state index in [1.807, 2.05) is 4.57 Å². The largest absolute Gasteiger partial charge is 0.450 e. The molecule has 0 saturated carbocycles. The van der Waals surface area contributed by atoms with Crippen LogP contribution in [0.1, 0.15) is 46.7 Å². The number of halogens is 3. The van der Waals surface area contributed by atoms with Gasteiger partial charge in [-0.25, -0.2) is 9.78 Å². The number of fused-ring (bicyclic) bond motifs is 1. The molecule has 0 radical (unpaired) electrons. The quantitative estimate of drug-likeness (QED) is 0.718. The number of hydrogen-bond donors (Lipinski definition) is 0. The molecular weight excluding hydrogens is 425 g/mol. The normalized spacial score (nSPS) is 18.9. The van der Waals surface area contributed by atoms with E-state index in [-0.39, 0.29) is 17.9 Å². The average Bonchev–Trinajstić information content (AvgIpc) is 3.22. The number of amides is 2. The van der Waals surface area contributed by atoms with E-state index in [1.54, 1.807) is 29.0 Å². The first kappa shape index (κ1) is 22.2. The lowest BCUT2D eigenvalue weighted by Gasteiger charge is -2.33. The number of carbonyl (C=O) groups is 2. The molecule has 1 aromatic carbocycles. The van der Waals surface area contributed by atoms with Gasteiger partial charge in [0.25, 0.3) is 5.91 Å². The van der Waals surface area contributed by atoms with Gasteiger partial charge in [0.05, 0.1) is 12.2 Å². The molecule has 1 saturated heterocycles. The van der Waals surface area contributed by atoms with Crippen LogP contribution in [0.3, 0.4) is 0 Å². The Balaban J connectivity index is 1.42. The van der Waals surface area contributed by atoms with Crippen LogP contribution in [-0.4, -0.2) is 64.1 Å². The Morgan fingerprint density at radius 2 is 1.88 bits per heavy atom. The summed E-state index contributed by atoms with van der Waals surface area (Å²) in [6.07, 6.45) is -1.80. The second-order valence-electron chi connectivity index (χ2n) is 8.03. The molecule has 2 aliphatic heterocycles. The molecule has 10 heteroatoms. The van der Waals surface area contributed by atoms with Crippen molar-refractivity contribution in [3.63, 3.8) is 0 Å². The van der Waals surface area contributed by atoms with Gasteiger partial charge in [-0.1, -0.05) is 18.2 Å². The lowest BCUT2D eigenvalue weighted by atomic mass is 9.90. The van der Waals surface area contributed by atoms with Crippen molar-refractivity contribution in [3.8, 4) is 0 Å². The van der Waals surface area contributed by atoms with Crippen LogP contribution in [0.2, 0.25) is 0 Å². The molecule has 0 N–H and O–H groups in total. The number of piperazine rings is 1. The van der Waals surface area contributed by atoms with Crippen LogP contribution < -0.4 is 0 Å². The molecule has 1 fully saturated rings. The molecule has 0 spiro atoms. The minimum atomic E-state index is -4.37. The Morgan fingerprint density at radius 1 is 1.16 bits per heavy atom. The lowest BCUT2D eigenvalue weighted by molar-refractivity contribution is -0.137. The van der Waals surface area contributed by atoms with Gasteiger partial charge in [0.1, 0.15) is 11.5 Å². The Labute approximate surface area is 183 Å². The molecule has 2 aliphatic rings. The van der Waals surface area contributed by atoms with Gasteiger partial charge in [0.15, 0.2) is 0 Å². The molecule has 7 nitrogen and oxygen atoms in total. The van der Waals surface area contributed by atoms with Crippen LogP contribution in [0.25, 0.3) is 0 Å². The number of rotatable bonds is 3. The first-order chi connectivity index (χ1) is 15.3. The number of aromatic nitrogens is 2. The zero-order chi connectivity index (χ0) is 22.9. The van der Waals surface area contributed by atoms with Gasteiger partial charge in [-0.15, -0.1) is 0 Å². The molecule has 1 atom stereocenters. The summed E-state index contributed by atoms with van der Waals surface area (Å²) in [5.41, 5.74) is 0.320. The van der Waals surface area contributed by atoms with Crippen molar-refractivity contribution < 1.29 is 27.5 Å². The van der Waals surface area contributed by atoms with Crippen LogP contribution in [-0.2, 0) is 23.9 Å². The fourth-order valence-electron chi connectivity index (χ4n) is 4.26. The Kier molecular flexibility index (Phi) is 6.12. The van der Waals surface area contributed by atoms with Crippen LogP contribution in [0.5, 0.6) is 0 Å². The number of ether oxygens (including phenoxy) is 1. The van der Waals surface area contributed by atoms with Crippen molar-refractivity contribution in [3.05, 3.63) is 53.1 Å². The van der Waals surface area contributed by atoms with E-state index in [2.05, 4.69) is 4.98 Å². The minimum absolute atomic E-state index is 0.0740. The number of aryl methyl sites for hydroxylation is 1. The van der Waals surface area contributed by atoms with Gasteiger partial charge >= 0.3 is 12.3 Å². The van der Waals surface area contributed by atoms with Gasteiger partial charge in [0, 0.05) is 51.3 Å². The Hall–Kier alpha value is -3.04. The first-order valence-corrected chi connectivity index (χ1v) is 10.7. The smallest absolute Gasteiger partial charge is 0.416 e. The highest BCUT2D eigenvalue weighted by molar-refractivity contribution is 5.92. The fourth-order valence-corrected chi connectivity index (χ4v) is 4.26. The van der Waals surface area contributed by atoms with Crippen molar-refractivity contribution in [1.82, 2.24) is 19.4 Å². The number of nitrogens with zero attached hydrogens (tertiary/aromatic N) is 4. The van der Waals surface area contributed by atoms with E-state index in [4.69, 9.17) is 4.74 Å². The van der Waals surface area contributed by atoms with Crippen LogP contribution in [0, 0.1) is 0 Å². The van der Waals surface area contributed by atoms with Crippen LogP contribution in [0.15, 0.2) is 30.5 Å². The number of benzene rings is 1. The highest BCUT2D eigenvalue weighted by atomic mass is 19.4. The average molecular weight is 450 g/mol. The summed E-state index contributed by atoms with van der Waals surface area (Å²) in [4.78, 5) is 32.5. The highest BCUT2D eigenvalue weighted by Crippen LogP contribution is 2.34. The number of alkyl halides is 3.